The number of benzene rings is 1. The van der Waals surface area contributed by atoms with Crippen LogP contribution in [0.5, 0.6) is 0 Å². The maximum atomic E-state index is 6.80. The molecular weight excluding hydrogens is 216 g/mol. The summed E-state index contributed by atoms with van der Waals surface area (Å²) in [6.45, 7) is 0. The van der Waals surface area contributed by atoms with Gasteiger partial charge >= 0.3 is 0 Å². The highest BCUT2D eigenvalue weighted by molar-refractivity contribution is 8.25. The Morgan fingerprint density at radius 1 is 1.36 bits per heavy atom. The first-order valence-electron chi connectivity index (χ1n) is 3.74. The average Bonchev–Trinajstić information content (AvgIpc) is 2.17. The van der Waals surface area contributed by atoms with Crippen LogP contribution >= 0.6 is 23.7 Å². The molecule has 0 amide bonds. The molecule has 0 aliphatic rings. The van der Waals surface area contributed by atoms with Gasteiger partial charge in [0, 0.05) is 22.5 Å². The van der Waals surface area contributed by atoms with Crippen LogP contribution in [0.2, 0.25) is 0 Å². The van der Waals surface area contributed by atoms with Crippen LogP contribution in [0, 0.1) is 5.41 Å². The van der Waals surface area contributed by atoms with Crippen LogP contribution < -0.4 is 11.5 Å². The van der Waals surface area contributed by atoms with Crippen molar-refractivity contribution in [3.63, 3.8) is 0 Å². The zero-order valence-corrected chi connectivity index (χ0v) is 8.94. The van der Waals surface area contributed by atoms with Gasteiger partial charge in [-0.15, -0.1) is 0 Å². The fourth-order valence-corrected chi connectivity index (χ4v) is 1.57. The van der Waals surface area contributed by atoms with Gasteiger partial charge in [0.25, 0.3) is 0 Å². The molecule has 14 heavy (non-hydrogen) atoms. The molecule has 0 fully saturated rings. The van der Waals surface area contributed by atoms with Crippen molar-refractivity contribution in [1.82, 2.24) is 0 Å². The lowest BCUT2D eigenvalue weighted by atomic mass is 10.3. The average molecular weight is 226 g/mol. The smallest absolute Gasteiger partial charge is 0.172 e. The van der Waals surface area contributed by atoms with E-state index in [1.165, 1.54) is 11.9 Å². The van der Waals surface area contributed by atoms with Crippen molar-refractivity contribution in [1.29, 1.82) is 5.41 Å². The molecule has 0 saturated heterocycles. The van der Waals surface area contributed by atoms with E-state index in [0.29, 0.717) is 5.17 Å². The number of anilines is 1. The highest BCUT2D eigenvalue weighted by atomic mass is 32.2. The van der Waals surface area contributed by atoms with E-state index in [2.05, 4.69) is 4.40 Å². The van der Waals surface area contributed by atoms with Gasteiger partial charge in [0.05, 0.1) is 5.55 Å². The Labute approximate surface area is 90.8 Å². The molecule has 0 aliphatic carbocycles. The molecule has 0 aromatic heterocycles. The molecule has 0 radical (unpaired) electrons. The van der Waals surface area contributed by atoms with Crippen LogP contribution in [0.3, 0.4) is 0 Å². The summed E-state index contributed by atoms with van der Waals surface area (Å²) < 4.78 is 4.00. The fourth-order valence-electron chi connectivity index (χ4n) is 0.708. The summed E-state index contributed by atoms with van der Waals surface area (Å²) in [6.07, 6.45) is 0. The highest BCUT2D eigenvalue weighted by Crippen LogP contribution is 2.20. The molecule has 1 aromatic carbocycles. The van der Waals surface area contributed by atoms with Crippen molar-refractivity contribution in [2.75, 3.05) is 5.73 Å². The SMILES string of the molecule is N=CS/C(N)=N\Sc1ccc(N)cc1. The van der Waals surface area contributed by atoms with Gasteiger partial charge in [0.1, 0.15) is 0 Å². The summed E-state index contributed by atoms with van der Waals surface area (Å²) in [5, 5.41) is 7.16. The Hall–Kier alpha value is -1.14. The minimum atomic E-state index is 0.363. The molecule has 1 rings (SSSR count). The number of amidine groups is 1. The third-order valence-corrected chi connectivity index (χ3v) is 2.64. The van der Waals surface area contributed by atoms with Crippen molar-refractivity contribution < 1.29 is 0 Å². The normalized spacial score (nSPS) is 11.3. The molecule has 0 saturated carbocycles. The second-order valence-electron chi connectivity index (χ2n) is 2.33. The van der Waals surface area contributed by atoms with Gasteiger partial charge < -0.3 is 16.9 Å². The van der Waals surface area contributed by atoms with Crippen molar-refractivity contribution in [2.45, 2.75) is 4.90 Å². The minimum Gasteiger partial charge on any atom is -0.399 e. The number of thioether (sulfide) groups is 1. The van der Waals surface area contributed by atoms with Crippen molar-refractivity contribution in [2.24, 2.45) is 10.1 Å². The Morgan fingerprint density at radius 3 is 2.57 bits per heavy atom. The van der Waals surface area contributed by atoms with E-state index < -0.39 is 0 Å². The maximum absolute atomic E-state index is 6.80. The standard InChI is InChI=1S/C8H10N4S2/c9-5-13-8(11)12-14-7-3-1-6(10)2-4-7/h1-5,9H,10H2,(H2,11,12). The minimum absolute atomic E-state index is 0.363. The van der Waals surface area contributed by atoms with Crippen LogP contribution in [-0.4, -0.2) is 10.7 Å². The van der Waals surface area contributed by atoms with E-state index in [-0.39, 0.29) is 0 Å². The Kier molecular flexibility index (Phi) is 4.34. The highest BCUT2D eigenvalue weighted by Gasteiger charge is 1.93. The summed E-state index contributed by atoms with van der Waals surface area (Å²) in [4.78, 5) is 0.965. The molecule has 0 atom stereocenters. The van der Waals surface area contributed by atoms with Gasteiger partial charge in [0.2, 0.25) is 0 Å². The topological polar surface area (TPSA) is 88.2 Å². The van der Waals surface area contributed by atoms with E-state index in [0.717, 1.165) is 27.9 Å². The summed E-state index contributed by atoms with van der Waals surface area (Å²) >= 11 is 2.34. The third-order valence-electron chi connectivity index (χ3n) is 1.30. The number of nitrogens with zero attached hydrogens (tertiary/aromatic N) is 1. The van der Waals surface area contributed by atoms with Gasteiger partial charge in [-0.2, -0.15) is 4.40 Å². The molecule has 6 heteroatoms. The number of nitrogen functional groups attached to an aromatic ring is 1. The van der Waals surface area contributed by atoms with Crippen LogP contribution in [0.1, 0.15) is 0 Å². The molecule has 0 heterocycles. The van der Waals surface area contributed by atoms with Gasteiger partial charge in [-0.25, -0.2) is 0 Å². The molecule has 1 aromatic rings. The number of hydrogen-bond acceptors (Lipinski definition) is 5. The molecule has 74 valence electrons. The number of rotatable bonds is 3. The van der Waals surface area contributed by atoms with Crippen molar-refractivity contribution in [3.8, 4) is 0 Å². The van der Waals surface area contributed by atoms with Crippen molar-refractivity contribution >= 4 is 40.1 Å². The van der Waals surface area contributed by atoms with Gasteiger partial charge in [-0.3, -0.25) is 0 Å². The van der Waals surface area contributed by atoms with Crippen molar-refractivity contribution in [3.05, 3.63) is 24.3 Å². The summed E-state index contributed by atoms with van der Waals surface area (Å²) in [5.74, 6) is 0. The Bertz CT molecular complexity index is 334. The van der Waals surface area contributed by atoms with E-state index >= 15 is 0 Å². The summed E-state index contributed by atoms with van der Waals surface area (Å²) in [7, 11) is 0. The molecular formula is C8H10N4S2. The van der Waals surface area contributed by atoms with E-state index in [1.54, 1.807) is 12.1 Å². The van der Waals surface area contributed by atoms with E-state index in [1.807, 2.05) is 12.1 Å². The molecule has 4 nitrogen and oxygen atoms in total. The first-order chi connectivity index (χ1) is 6.72. The first kappa shape index (κ1) is 10.9. The van der Waals surface area contributed by atoms with Gasteiger partial charge in [-0.05, 0) is 36.0 Å². The largest absolute Gasteiger partial charge is 0.399 e. The van der Waals surface area contributed by atoms with Crippen LogP contribution in [0.25, 0.3) is 0 Å². The van der Waals surface area contributed by atoms with Crippen LogP contribution in [0.15, 0.2) is 33.6 Å². The molecule has 0 unspecified atom stereocenters. The summed E-state index contributed by atoms with van der Waals surface area (Å²) in [5.41, 5.74) is 12.9. The second-order valence-corrected chi connectivity index (χ2v) is 4.05. The fraction of sp³-hybridized carbons (Fsp3) is 0. The molecule has 0 bridgehead atoms. The van der Waals surface area contributed by atoms with Gasteiger partial charge in [-0.1, -0.05) is 0 Å². The number of nitrogens with one attached hydrogen (secondary N) is 1. The lowest BCUT2D eigenvalue weighted by Gasteiger charge is -1.97. The Balaban J connectivity index is 2.57. The predicted molar refractivity (Wildman–Crippen MR) is 64.7 cm³/mol. The van der Waals surface area contributed by atoms with E-state index in [9.17, 15) is 0 Å². The molecule has 0 spiro atoms. The Morgan fingerprint density at radius 2 is 2.00 bits per heavy atom. The lowest BCUT2D eigenvalue weighted by molar-refractivity contribution is 1.46. The summed E-state index contributed by atoms with van der Waals surface area (Å²) in [6, 6.07) is 7.34. The van der Waals surface area contributed by atoms with E-state index in [4.69, 9.17) is 16.9 Å². The third kappa shape index (κ3) is 3.71. The number of hydrogen-bond donors (Lipinski definition) is 3. The van der Waals surface area contributed by atoms with Gasteiger partial charge in [0.15, 0.2) is 5.17 Å². The first-order valence-corrected chi connectivity index (χ1v) is 5.39. The lowest BCUT2D eigenvalue weighted by Crippen LogP contribution is -2.04. The van der Waals surface area contributed by atoms with Crippen LogP contribution in [0.4, 0.5) is 5.69 Å². The molecule has 5 N–H and O–H groups in total. The quantitative estimate of drug-likeness (QED) is 0.318. The second kappa shape index (κ2) is 5.56. The van der Waals surface area contributed by atoms with Crippen LogP contribution in [-0.2, 0) is 0 Å². The maximum Gasteiger partial charge on any atom is 0.172 e. The predicted octanol–water partition coefficient (Wildman–Crippen LogP) is 1.93. The zero-order valence-electron chi connectivity index (χ0n) is 7.31. The number of nitrogens with two attached hydrogens (primary N) is 2. The zero-order chi connectivity index (χ0) is 10.4. The monoisotopic (exact) mass is 226 g/mol. The molecule has 0 aliphatic heterocycles.